The first-order valence-electron chi connectivity index (χ1n) is 16.5. The van der Waals surface area contributed by atoms with E-state index in [-0.39, 0.29) is 0 Å². The average molecular weight is 577 g/mol. The maximum Gasteiger partial charge on any atom is -0.00114 e. The lowest BCUT2D eigenvalue weighted by molar-refractivity contribution is 1.24. The van der Waals surface area contributed by atoms with Crippen LogP contribution < -0.4 is 0 Å². The minimum atomic E-state index is 1.44. The van der Waals surface area contributed by atoms with E-state index >= 15 is 0 Å². The van der Waals surface area contributed by atoms with Crippen molar-refractivity contribution in [1.82, 2.24) is 0 Å². The minimum Gasteiger partial charge on any atom is -0.0444 e. The second-order valence-corrected chi connectivity index (χ2v) is 14.5. The Kier molecular flexibility index (Phi) is 5.93. The van der Waals surface area contributed by atoms with E-state index in [1.807, 2.05) is 0 Å². The normalized spacial score (nSPS) is 12.5. The Morgan fingerprint density at radius 2 is 0.364 bits per heavy atom. The Labute approximate surface area is 264 Å². The third kappa shape index (κ3) is 3.06. The Morgan fingerprint density at radius 1 is 0.136 bits per heavy atom. The molecule has 0 N–H and O–H groups in total. The zero-order chi connectivity index (χ0) is 32.2. The lowest BCUT2D eigenvalue weighted by atomic mass is 9.79. The highest BCUT2D eigenvalue weighted by atomic mass is 14.4. The van der Waals surface area contributed by atoms with E-state index in [1.165, 1.54) is 154 Å². The third-order valence-electron chi connectivity index (χ3n) is 13.0. The van der Waals surface area contributed by atoms with Gasteiger partial charge in [0.1, 0.15) is 0 Å². The van der Waals surface area contributed by atoms with Crippen molar-refractivity contribution in [3.05, 3.63) is 89.0 Å². The molecule has 7 rings (SSSR count). The molecule has 0 spiro atoms. The summed E-state index contributed by atoms with van der Waals surface area (Å²) in [6.45, 7) is 37.8. The van der Waals surface area contributed by atoms with Gasteiger partial charge in [-0.3, -0.25) is 0 Å². The summed E-state index contributed by atoms with van der Waals surface area (Å²) in [4.78, 5) is 0. The standard InChI is InChI=1S/C44H48/c1-17-18(2)23(7)34-29(13)37-32(16)42-41(31(15)36(37)28(12)33(34)22(17)6)40-27(11)21(5)26(10)39-38-25(9)20(4)19(3)24(8)35(38)30(14)43(42)44(39)40/h1-16H3. The molecule has 1 aliphatic rings. The topological polar surface area (TPSA) is 0 Å². The molecule has 0 nitrogen and oxygen atoms in total. The van der Waals surface area contributed by atoms with Crippen molar-refractivity contribution >= 4 is 43.1 Å². The summed E-state index contributed by atoms with van der Waals surface area (Å²) >= 11 is 0. The summed E-state index contributed by atoms with van der Waals surface area (Å²) in [7, 11) is 0. The molecule has 0 bridgehead atoms. The van der Waals surface area contributed by atoms with E-state index in [2.05, 4.69) is 111 Å². The van der Waals surface area contributed by atoms with E-state index in [1.54, 1.807) is 0 Å². The molecular formula is C44H48. The lowest BCUT2D eigenvalue weighted by Crippen LogP contribution is -2.02. The average Bonchev–Trinajstić information content (AvgIpc) is 3.35. The highest BCUT2D eigenvalue weighted by molar-refractivity contribution is 6.30. The fourth-order valence-electron chi connectivity index (χ4n) is 9.81. The van der Waals surface area contributed by atoms with Crippen molar-refractivity contribution < 1.29 is 0 Å². The first-order valence-corrected chi connectivity index (χ1v) is 16.5. The fourth-order valence-corrected chi connectivity index (χ4v) is 9.81. The minimum absolute atomic E-state index is 1.44. The van der Waals surface area contributed by atoms with E-state index < -0.39 is 0 Å². The number of hydrogen-bond donors (Lipinski definition) is 0. The molecule has 0 heteroatoms. The summed E-state index contributed by atoms with van der Waals surface area (Å²) in [6.07, 6.45) is 0. The predicted molar refractivity (Wildman–Crippen MR) is 197 cm³/mol. The maximum absolute atomic E-state index is 2.43. The van der Waals surface area contributed by atoms with Crippen molar-refractivity contribution in [3.8, 4) is 22.3 Å². The molecule has 0 radical (unpaired) electrons. The molecule has 0 atom stereocenters. The molecule has 0 aromatic heterocycles. The Morgan fingerprint density at radius 3 is 0.750 bits per heavy atom. The Balaban J connectivity index is 1.86. The number of benzene rings is 6. The monoisotopic (exact) mass is 576 g/mol. The number of aryl methyl sites for hydroxylation is 10. The summed E-state index contributed by atoms with van der Waals surface area (Å²) in [5, 5.41) is 11.8. The van der Waals surface area contributed by atoms with E-state index in [4.69, 9.17) is 0 Å². The predicted octanol–water partition coefficient (Wildman–Crippen LogP) is 12.9. The largest absolute Gasteiger partial charge is 0.0444 e. The van der Waals surface area contributed by atoms with Crippen molar-refractivity contribution in [2.75, 3.05) is 0 Å². The van der Waals surface area contributed by atoms with Gasteiger partial charge in [-0.1, -0.05) is 0 Å². The van der Waals surface area contributed by atoms with Crippen LogP contribution in [0, 0.1) is 111 Å². The van der Waals surface area contributed by atoms with Crippen LogP contribution in [-0.4, -0.2) is 0 Å². The van der Waals surface area contributed by atoms with Gasteiger partial charge in [0.15, 0.2) is 0 Å². The molecule has 44 heavy (non-hydrogen) atoms. The van der Waals surface area contributed by atoms with Gasteiger partial charge in [-0.05, 0) is 265 Å². The number of hydrogen-bond acceptors (Lipinski definition) is 0. The second kappa shape index (κ2) is 8.97. The molecule has 6 aromatic rings. The zero-order valence-electron chi connectivity index (χ0n) is 30.0. The van der Waals surface area contributed by atoms with Gasteiger partial charge >= 0.3 is 0 Å². The van der Waals surface area contributed by atoms with Crippen LogP contribution in [0.15, 0.2) is 0 Å². The fraction of sp³-hybridized carbons (Fsp3) is 0.364. The third-order valence-corrected chi connectivity index (χ3v) is 13.0. The van der Waals surface area contributed by atoms with Crippen molar-refractivity contribution in [2.45, 2.75) is 111 Å². The van der Waals surface area contributed by atoms with E-state index in [9.17, 15) is 0 Å². The molecule has 0 saturated carbocycles. The first kappa shape index (κ1) is 29.1. The zero-order valence-corrected chi connectivity index (χ0v) is 30.0. The molecule has 0 unspecified atom stereocenters. The molecule has 224 valence electrons. The van der Waals surface area contributed by atoms with Crippen molar-refractivity contribution in [1.29, 1.82) is 0 Å². The molecule has 6 aromatic carbocycles. The van der Waals surface area contributed by atoms with Crippen LogP contribution in [0.5, 0.6) is 0 Å². The molecule has 0 amide bonds. The molecule has 0 aliphatic heterocycles. The van der Waals surface area contributed by atoms with Crippen molar-refractivity contribution in [3.63, 3.8) is 0 Å². The Hall–Kier alpha value is -3.64. The van der Waals surface area contributed by atoms with E-state index in [0.29, 0.717) is 0 Å². The van der Waals surface area contributed by atoms with Crippen LogP contribution in [0.25, 0.3) is 65.3 Å². The molecule has 0 saturated heterocycles. The smallest absolute Gasteiger partial charge is 0.00114 e. The molecule has 0 heterocycles. The summed E-state index contributed by atoms with van der Waals surface area (Å²) in [6, 6.07) is 0. The van der Waals surface area contributed by atoms with Crippen LogP contribution in [0.2, 0.25) is 0 Å². The van der Waals surface area contributed by atoms with Crippen LogP contribution in [0.1, 0.15) is 89.0 Å². The van der Waals surface area contributed by atoms with Crippen molar-refractivity contribution in [2.24, 2.45) is 0 Å². The van der Waals surface area contributed by atoms with Gasteiger partial charge in [0.05, 0.1) is 0 Å². The molecule has 0 fully saturated rings. The van der Waals surface area contributed by atoms with Crippen LogP contribution in [0.3, 0.4) is 0 Å². The quantitative estimate of drug-likeness (QED) is 0.124. The summed E-state index contributed by atoms with van der Waals surface area (Å²) in [5.41, 5.74) is 29.0. The number of fused-ring (bicyclic) bond motifs is 7. The highest BCUT2D eigenvalue weighted by Crippen LogP contribution is 2.59. The van der Waals surface area contributed by atoms with Gasteiger partial charge in [0.25, 0.3) is 0 Å². The van der Waals surface area contributed by atoms with Gasteiger partial charge in [-0.25, -0.2) is 0 Å². The van der Waals surface area contributed by atoms with Gasteiger partial charge in [-0.15, -0.1) is 0 Å². The van der Waals surface area contributed by atoms with Crippen LogP contribution >= 0.6 is 0 Å². The van der Waals surface area contributed by atoms with Gasteiger partial charge in [0, 0.05) is 0 Å². The highest BCUT2D eigenvalue weighted by Gasteiger charge is 2.34. The molecular weight excluding hydrogens is 528 g/mol. The van der Waals surface area contributed by atoms with Gasteiger partial charge < -0.3 is 0 Å². The lowest BCUT2D eigenvalue weighted by Gasteiger charge is -2.25. The summed E-state index contributed by atoms with van der Waals surface area (Å²) in [5.74, 6) is 0. The van der Waals surface area contributed by atoms with Gasteiger partial charge in [0.2, 0.25) is 0 Å². The maximum atomic E-state index is 2.43. The SMILES string of the molecule is Cc1c(C)c(C)c2c(C)c3c(C)c4c(c(C)c3c(C)c2c1C)-c1c(C)c(C)c(C)c2c1c-4c(C)c1c(C)c(C)c(C)c(C)c12. The summed E-state index contributed by atoms with van der Waals surface area (Å²) < 4.78 is 0. The van der Waals surface area contributed by atoms with Crippen LogP contribution in [0.4, 0.5) is 0 Å². The van der Waals surface area contributed by atoms with Crippen LogP contribution in [-0.2, 0) is 0 Å². The molecule has 1 aliphatic carbocycles. The Bertz CT molecular complexity index is 2400. The second-order valence-electron chi connectivity index (χ2n) is 14.5. The van der Waals surface area contributed by atoms with Gasteiger partial charge in [-0.2, -0.15) is 0 Å². The number of rotatable bonds is 0. The first-order chi connectivity index (χ1) is 20.6. The van der Waals surface area contributed by atoms with E-state index in [0.717, 1.165) is 0 Å².